The van der Waals surface area contributed by atoms with Crippen LogP contribution in [-0.2, 0) is 14.8 Å². The molecule has 0 bridgehead atoms. The van der Waals surface area contributed by atoms with Crippen LogP contribution in [0.3, 0.4) is 0 Å². The zero-order valence-electron chi connectivity index (χ0n) is 11.8. The van der Waals surface area contributed by atoms with Crippen LogP contribution in [0.2, 0.25) is 13.1 Å². The first kappa shape index (κ1) is 16.3. The summed E-state index contributed by atoms with van der Waals surface area (Å²) in [6, 6.07) is 2.76. The summed E-state index contributed by atoms with van der Waals surface area (Å²) in [5.41, 5.74) is -0.541. The summed E-state index contributed by atoms with van der Waals surface area (Å²) in [4.78, 5) is 4.64. The maximum atomic E-state index is 13.9. The van der Waals surface area contributed by atoms with E-state index < -0.39 is 33.2 Å². The van der Waals surface area contributed by atoms with Gasteiger partial charge in [-0.2, -0.15) is 0 Å². The molecule has 19 heavy (non-hydrogen) atoms. The average Bonchev–Trinajstić information content (AvgIpc) is 2.27. The summed E-state index contributed by atoms with van der Waals surface area (Å²) in [6.45, 7) is 8.92. The zero-order chi connectivity index (χ0) is 14.8. The Hall–Kier alpha value is -0.758. The molecule has 105 valence electrons. The quantitative estimate of drug-likeness (QED) is 0.524. The molecule has 0 saturated carbocycles. The molecule has 3 nitrogen and oxygen atoms in total. The fourth-order valence-corrected chi connectivity index (χ4v) is 1.81. The lowest BCUT2D eigenvalue weighted by Crippen LogP contribution is -2.38. The Kier molecular flexibility index (Phi) is 5.26. The van der Waals surface area contributed by atoms with Gasteiger partial charge in [-0.1, -0.05) is 32.9 Å². The van der Waals surface area contributed by atoms with Gasteiger partial charge in [0.15, 0.2) is 11.6 Å². The van der Waals surface area contributed by atoms with Gasteiger partial charge in [0.05, 0.1) is 0 Å². The van der Waals surface area contributed by atoms with Crippen LogP contribution in [0.15, 0.2) is 12.1 Å². The van der Waals surface area contributed by atoms with Crippen LogP contribution in [-0.4, -0.2) is 21.2 Å². The molecule has 1 aromatic rings. The van der Waals surface area contributed by atoms with Crippen LogP contribution in [0.1, 0.15) is 26.3 Å². The predicted molar refractivity (Wildman–Crippen MR) is 72.3 cm³/mol. The molecular weight excluding hydrogens is 269 g/mol. The molecule has 0 unspecified atom stereocenters. The van der Waals surface area contributed by atoms with Gasteiger partial charge in [-0.3, -0.25) is 9.38 Å². The maximum absolute atomic E-state index is 13.9. The van der Waals surface area contributed by atoms with Gasteiger partial charge < -0.3 is 5.02 Å². The lowest BCUT2D eigenvalue weighted by atomic mass is 9.77. The molecule has 0 heterocycles. The monoisotopic (exact) mass is 287 g/mol. The van der Waals surface area contributed by atoms with E-state index in [4.69, 9.17) is 4.58 Å². The Labute approximate surface area is 114 Å². The van der Waals surface area contributed by atoms with Crippen molar-refractivity contribution in [2.45, 2.75) is 39.3 Å². The van der Waals surface area contributed by atoms with E-state index in [-0.39, 0.29) is 11.0 Å². The van der Waals surface area contributed by atoms with E-state index in [9.17, 15) is 13.8 Å². The summed E-state index contributed by atoms with van der Waals surface area (Å²) < 4.78 is 32.7. The molecule has 0 aliphatic carbocycles. The smallest absolute Gasteiger partial charge is 0.422 e. The van der Waals surface area contributed by atoms with E-state index in [2.05, 4.69) is 4.81 Å². The van der Waals surface area contributed by atoms with E-state index in [0.717, 1.165) is 0 Å². The van der Waals surface area contributed by atoms with Crippen molar-refractivity contribution in [1.29, 1.82) is 0 Å². The first-order chi connectivity index (χ1) is 8.64. The minimum Gasteiger partial charge on any atom is -0.422 e. The summed E-state index contributed by atoms with van der Waals surface area (Å²) in [6.07, 6.45) is 0. The summed E-state index contributed by atoms with van der Waals surface area (Å²) >= 11 is 0. The molecule has 0 atom stereocenters. The van der Waals surface area contributed by atoms with Crippen LogP contribution >= 0.6 is 0 Å². The molecule has 0 amide bonds. The van der Waals surface area contributed by atoms with Crippen molar-refractivity contribution in [3.8, 4) is 0 Å². The van der Waals surface area contributed by atoms with Gasteiger partial charge in [-0.05, 0) is 24.1 Å². The fraction of sp³-hybridized carbons (Fsp3) is 0.500. The van der Waals surface area contributed by atoms with Crippen molar-refractivity contribution in [2.75, 3.05) is 0 Å². The highest BCUT2D eigenvalue weighted by molar-refractivity contribution is 6.60. The highest BCUT2D eigenvalue weighted by Crippen LogP contribution is 2.25. The van der Waals surface area contributed by atoms with Gasteiger partial charge >= 0.3 is 7.12 Å². The third-order valence-corrected chi connectivity index (χ3v) is 2.92. The molecule has 0 aromatic heterocycles. The highest BCUT2D eigenvalue weighted by atomic mass is 28.3. The van der Waals surface area contributed by atoms with Crippen molar-refractivity contribution in [3.63, 3.8) is 0 Å². The number of halogens is 2. The van der Waals surface area contributed by atoms with E-state index in [0.29, 0.717) is 0 Å². The number of rotatable bonds is 4. The topological polar surface area (TPSA) is 38.7 Å². The van der Waals surface area contributed by atoms with Crippen LogP contribution < -0.4 is 5.46 Å². The van der Waals surface area contributed by atoms with Crippen molar-refractivity contribution < 1.29 is 23.2 Å². The second-order valence-corrected chi connectivity index (χ2v) is 7.50. The molecule has 7 heteroatoms. The van der Waals surface area contributed by atoms with Gasteiger partial charge in [0.1, 0.15) is 0 Å². The molecule has 1 aromatic carbocycles. The number of hydrogen-bond acceptors (Lipinski definition) is 3. The van der Waals surface area contributed by atoms with Crippen molar-refractivity contribution in [1.82, 2.24) is 0 Å². The van der Waals surface area contributed by atoms with Crippen molar-refractivity contribution in [2.24, 2.45) is 0 Å². The Balaban J connectivity index is 3.03. The Bertz CT molecular complexity index is 449. The van der Waals surface area contributed by atoms with E-state index in [1.165, 1.54) is 12.1 Å². The van der Waals surface area contributed by atoms with Gasteiger partial charge in [0.25, 0.3) is 9.04 Å². The fourth-order valence-electron chi connectivity index (χ4n) is 1.53. The van der Waals surface area contributed by atoms with E-state index >= 15 is 0 Å². The highest BCUT2D eigenvalue weighted by Gasteiger charge is 2.29. The average molecular weight is 287 g/mol. The summed E-state index contributed by atoms with van der Waals surface area (Å²) in [7, 11) is -2.82. The predicted octanol–water partition coefficient (Wildman–Crippen LogP) is 2.15. The summed E-state index contributed by atoms with van der Waals surface area (Å²) in [5.74, 6) is -2.07. The SMILES string of the molecule is C[Si](C)OOB(O)c1ccc(C(C)(C)C)c(F)c1F. The molecule has 1 rings (SSSR count). The lowest BCUT2D eigenvalue weighted by Gasteiger charge is -2.21. The van der Waals surface area contributed by atoms with E-state index in [1.807, 2.05) is 0 Å². The van der Waals surface area contributed by atoms with Gasteiger partial charge in [-0.25, -0.2) is 8.78 Å². The summed E-state index contributed by atoms with van der Waals surface area (Å²) in [5, 5.41) is 9.63. The molecule has 0 saturated heterocycles. The minimum absolute atomic E-state index is 0.248. The molecule has 0 spiro atoms. The number of benzene rings is 1. The first-order valence-corrected chi connectivity index (χ1v) is 8.35. The first-order valence-electron chi connectivity index (χ1n) is 5.94. The van der Waals surface area contributed by atoms with Crippen LogP contribution in [0.5, 0.6) is 0 Å². The van der Waals surface area contributed by atoms with E-state index in [1.54, 1.807) is 33.9 Å². The Morgan fingerprint density at radius 2 is 1.74 bits per heavy atom. The second kappa shape index (κ2) is 6.13. The zero-order valence-corrected chi connectivity index (χ0v) is 12.8. The standard InChI is InChI=1S/C12H18BF2O3Si/c1-12(2,3)8-6-7-9(11(15)10(8)14)13(16)17-18-19(4)5/h6-7,16H,1-5H3. The molecule has 0 fully saturated rings. The van der Waals surface area contributed by atoms with Crippen LogP contribution in [0.25, 0.3) is 0 Å². The molecule has 1 radical (unpaired) electrons. The Morgan fingerprint density at radius 3 is 2.21 bits per heavy atom. The third kappa shape index (κ3) is 4.10. The number of hydrogen-bond donors (Lipinski definition) is 1. The molecule has 0 aliphatic heterocycles. The molecular formula is C12H18BF2O3Si. The third-order valence-electron chi connectivity index (χ3n) is 2.49. The normalized spacial score (nSPS) is 12.1. The largest absolute Gasteiger partial charge is 0.524 e. The lowest BCUT2D eigenvalue weighted by molar-refractivity contribution is -0.121. The van der Waals surface area contributed by atoms with Crippen molar-refractivity contribution in [3.05, 3.63) is 29.3 Å². The maximum Gasteiger partial charge on any atom is 0.524 e. The van der Waals surface area contributed by atoms with Gasteiger partial charge in [-0.15, -0.1) is 0 Å². The second-order valence-electron chi connectivity index (χ2n) is 5.52. The van der Waals surface area contributed by atoms with Crippen LogP contribution in [0, 0.1) is 11.6 Å². The van der Waals surface area contributed by atoms with Crippen LogP contribution in [0.4, 0.5) is 8.78 Å². The minimum atomic E-state index is -1.64. The van der Waals surface area contributed by atoms with Gasteiger partial charge in [0, 0.05) is 5.46 Å². The van der Waals surface area contributed by atoms with Gasteiger partial charge in [0.2, 0.25) is 0 Å². The molecule has 0 aliphatic rings. The van der Waals surface area contributed by atoms with Crippen molar-refractivity contribution >= 4 is 21.6 Å². The Morgan fingerprint density at radius 1 is 1.16 bits per heavy atom. The molecule has 1 N–H and O–H groups in total.